The predicted molar refractivity (Wildman–Crippen MR) is 118 cm³/mol. The van der Waals surface area contributed by atoms with Crippen molar-refractivity contribution in [3.8, 4) is 0 Å². The molecule has 0 unspecified atom stereocenters. The molecule has 0 N–H and O–H groups in total. The van der Waals surface area contributed by atoms with Crippen LogP contribution in [0.5, 0.6) is 0 Å². The average Bonchev–Trinajstić information content (AvgIpc) is 2.98. The number of hydrogen-bond acceptors (Lipinski definition) is 0. The third-order valence-corrected chi connectivity index (χ3v) is 9.84. The average molecular weight is 369 g/mol. The lowest BCUT2D eigenvalue weighted by Crippen LogP contribution is -2.43. The van der Waals surface area contributed by atoms with E-state index in [1.165, 1.54) is 82.6 Å². The van der Waals surface area contributed by atoms with E-state index in [9.17, 15) is 0 Å². The molecule has 0 amide bonds. The van der Waals surface area contributed by atoms with Crippen LogP contribution in [0, 0.1) is 34.5 Å². The van der Waals surface area contributed by atoms with Crippen molar-refractivity contribution in [2.24, 2.45) is 34.5 Å². The van der Waals surface area contributed by atoms with Crippen molar-refractivity contribution < 1.29 is 0 Å². The molecule has 2 saturated carbocycles. The third-order valence-electron chi connectivity index (χ3n) is 9.84. The van der Waals surface area contributed by atoms with Gasteiger partial charge in [-0.2, -0.15) is 0 Å². The van der Waals surface area contributed by atoms with Gasteiger partial charge in [-0.05, 0) is 113 Å². The van der Waals surface area contributed by atoms with E-state index in [2.05, 4.69) is 40.7 Å². The Hall–Kier alpha value is -0.520. The molecule has 0 aromatic carbocycles. The minimum absolute atomic E-state index is 0.584. The number of hydrogen-bond donors (Lipinski definition) is 0. The molecule has 2 fully saturated rings. The second-order valence-corrected chi connectivity index (χ2v) is 11.5. The SMILES string of the molecule is CC(C)=CCC[C@@H](C)[C@H]1CC[C@H]2C3=C(CC[C@]12C)[C@@]1(C)CCCC[C@@H]1CC3. The highest BCUT2D eigenvalue weighted by Gasteiger charge is 2.55. The molecule has 0 aliphatic heterocycles. The Morgan fingerprint density at radius 3 is 2.63 bits per heavy atom. The predicted octanol–water partition coefficient (Wildman–Crippen LogP) is 8.48. The van der Waals surface area contributed by atoms with E-state index in [0.29, 0.717) is 10.8 Å². The van der Waals surface area contributed by atoms with E-state index < -0.39 is 0 Å². The Bertz CT molecular complexity index is 618. The minimum Gasteiger partial charge on any atom is -0.0859 e. The van der Waals surface area contributed by atoms with Crippen molar-refractivity contribution in [1.29, 1.82) is 0 Å². The quantitative estimate of drug-likeness (QED) is 0.436. The van der Waals surface area contributed by atoms with Gasteiger partial charge in [-0.1, -0.05) is 56.4 Å². The van der Waals surface area contributed by atoms with Crippen molar-refractivity contribution in [2.45, 2.75) is 112 Å². The van der Waals surface area contributed by atoms with Crippen LogP contribution in [0.4, 0.5) is 0 Å². The van der Waals surface area contributed by atoms with Crippen LogP contribution in [0.3, 0.4) is 0 Å². The van der Waals surface area contributed by atoms with Crippen LogP contribution in [-0.2, 0) is 0 Å². The number of allylic oxidation sites excluding steroid dienone is 4. The van der Waals surface area contributed by atoms with Gasteiger partial charge in [-0.3, -0.25) is 0 Å². The lowest BCUT2D eigenvalue weighted by atomic mass is 9.50. The van der Waals surface area contributed by atoms with Gasteiger partial charge in [0.05, 0.1) is 0 Å². The molecule has 4 aliphatic carbocycles. The second-order valence-electron chi connectivity index (χ2n) is 11.5. The summed E-state index contributed by atoms with van der Waals surface area (Å²) in [5, 5.41) is 0. The maximum Gasteiger partial charge on any atom is -0.00852 e. The summed E-state index contributed by atoms with van der Waals surface area (Å²) in [4.78, 5) is 0. The minimum atomic E-state index is 0.584. The zero-order valence-corrected chi connectivity index (χ0v) is 18.9. The first-order valence-corrected chi connectivity index (χ1v) is 12.2. The fraction of sp³-hybridized carbons (Fsp3) is 0.852. The van der Waals surface area contributed by atoms with E-state index >= 15 is 0 Å². The molecule has 6 atom stereocenters. The van der Waals surface area contributed by atoms with Gasteiger partial charge in [0, 0.05) is 0 Å². The molecule has 27 heavy (non-hydrogen) atoms. The maximum atomic E-state index is 2.70. The Morgan fingerprint density at radius 2 is 1.85 bits per heavy atom. The molecule has 0 saturated heterocycles. The smallest absolute Gasteiger partial charge is 0.00852 e. The van der Waals surface area contributed by atoms with Gasteiger partial charge in [0.25, 0.3) is 0 Å². The van der Waals surface area contributed by atoms with Gasteiger partial charge in [0.2, 0.25) is 0 Å². The summed E-state index contributed by atoms with van der Waals surface area (Å²) < 4.78 is 0. The molecule has 4 rings (SSSR count). The molecule has 0 nitrogen and oxygen atoms in total. The van der Waals surface area contributed by atoms with Crippen molar-refractivity contribution in [3.63, 3.8) is 0 Å². The van der Waals surface area contributed by atoms with E-state index in [4.69, 9.17) is 0 Å². The first-order chi connectivity index (χ1) is 12.9. The molecule has 0 spiro atoms. The lowest BCUT2D eigenvalue weighted by molar-refractivity contribution is 0.0668. The van der Waals surface area contributed by atoms with Gasteiger partial charge in [0.1, 0.15) is 0 Å². The van der Waals surface area contributed by atoms with Crippen molar-refractivity contribution in [1.82, 2.24) is 0 Å². The summed E-state index contributed by atoms with van der Waals surface area (Å²) in [6, 6.07) is 0. The highest BCUT2D eigenvalue weighted by Crippen LogP contribution is 2.65. The summed E-state index contributed by atoms with van der Waals surface area (Å²) in [6.07, 6.45) is 20.0. The summed E-state index contributed by atoms with van der Waals surface area (Å²) in [6.45, 7) is 12.4. The van der Waals surface area contributed by atoms with Crippen LogP contribution >= 0.6 is 0 Å². The molecule has 152 valence electrons. The van der Waals surface area contributed by atoms with Crippen LogP contribution in [0.1, 0.15) is 112 Å². The first-order valence-electron chi connectivity index (χ1n) is 12.2. The molecule has 4 aliphatic rings. The van der Waals surface area contributed by atoms with E-state index in [-0.39, 0.29) is 0 Å². The Kier molecular flexibility index (Phi) is 5.41. The van der Waals surface area contributed by atoms with Crippen LogP contribution in [0.25, 0.3) is 0 Å². The monoisotopic (exact) mass is 368 g/mol. The summed E-state index contributed by atoms with van der Waals surface area (Å²) >= 11 is 0. The highest BCUT2D eigenvalue weighted by molar-refractivity contribution is 5.34. The van der Waals surface area contributed by atoms with E-state index in [1.807, 2.05) is 11.1 Å². The fourth-order valence-corrected chi connectivity index (χ4v) is 8.30. The molecular formula is C27H44. The van der Waals surface area contributed by atoms with Crippen LogP contribution < -0.4 is 0 Å². The zero-order chi connectivity index (χ0) is 19.2. The van der Waals surface area contributed by atoms with Crippen molar-refractivity contribution >= 4 is 0 Å². The molecular weight excluding hydrogens is 324 g/mol. The van der Waals surface area contributed by atoms with Gasteiger partial charge < -0.3 is 0 Å². The normalized spacial score (nSPS) is 42.2. The molecule has 0 aromatic rings. The first kappa shape index (κ1) is 19.8. The Labute approximate surface area is 169 Å². The topological polar surface area (TPSA) is 0 Å². The third kappa shape index (κ3) is 3.28. The largest absolute Gasteiger partial charge is 0.0859 e. The molecule has 0 heteroatoms. The van der Waals surface area contributed by atoms with Crippen molar-refractivity contribution in [3.05, 3.63) is 22.8 Å². The maximum absolute atomic E-state index is 2.70. The molecule has 0 aromatic heterocycles. The van der Waals surface area contributed by atoms with Crippen molar-refractivity contribution in [2.75, 3.05) is 0 Å². The van der Waals surface area contributed by atoms with Gasteiger partial charge in [0.15, 0.2) is 0 Å². The molecule has 0 bridgehead atoms. The summed E-state index contributed by atoms with van der Waals surface area (Å²) in [5.74, 6) is 3.78. The molecule has 0 heterocycles. The van der Waals surface area contributed by atoms with E-state index in [0.717, 1.165) is 23.7 Å². The standard InChI is InChI=1S/C27H44/c1-19(2)9-8-10-20(3)23-14-15-24-22-13-12-21-11-6-7-17-26(21,4)25(22)16-18-27(23,24)5/h9,20-21,23-24H,6-8,10-18H2,1-5H3/t20-,21-,23-,24+,26+,27-/m1/s1. The molecule has 0 radical (unpaired) electrons. The van der Waals surface area contributed by atoms with Gasteiger partial charge in [-0.15, -0.1) is 0 Å². The van der Waals surface area contributed by atoms with Crippen LogP contribution in [-0.4, -0.2) is 0 Å². The van der Waals surface area contributed by atoms with Crippen LogP contribution in [0.15, 0.2) is 22.8 Å². The van der Waals surface area contributed by atoms with Gasteiger partial charge in [-0.25, -0.2) is 0 Å². The summed E-state index contributed by atoms with van der Waals surface area (Å²) in [7, 11) is 0. The second kappa shape index (κ2) is 7.38. The van der Waals surface area contributed by atoms with Crippen LogP contribution in [0.2, 0.25) is 0 Å². The van der Waals surface area contributed by atoms with Gasteiger partial charge >= 0.3 is 0 Å². The number of rotatable bonds is 4. The summed E-state index contributed by atoms with van der Waals surface area (Å²) in [5.41, 5.74) is 6.64. The Morgan fingerprint density at radius 1 is 1.04 bits per heavy atom. The highest BCUT2D eigenvalue weighted by atomic mass is 14.6. The Balaban J connectivity index is 1.55. The lowest BCUT2D eigenvalue weighted by Gasteiger charge is -2.54. The fourth-order valence-electron chi connectivity index (χ4n) is 8.30. The zero-order valence-electron chi connectivity index (χ0n) is 18.9. The number of fused-ring (bicyclic) bond motifs is 4. The van der Waals surface area contributed by atoms with E-state index in [1.54, 1.807) is 0 Å².